The summed E-state index contributed by atoms with van der Waals surface area (Å²) in [5, 5.41) is 0.527. The van der Waals surface area contributed by atoms with Gasteiger partial charge in [0.05, 0.1) is 20.6 Å². The number of halogens is 2. The Balaban J connectivity index is 3.11. The maximum absolute atomic E-state index is 13.7. The normalized spacial score (nSPS) is 10.0. The van der Waals surface area contributed by atoms with Crippen molar-refractivity contribution in [2.24, 2.45) is 0 Å². The fourth-order valence-corrected chi connectivity index (χ4v) is 1.64. The lowest BCUT2D eigenvalue weighted by molar-refractivity contribution is -0.139. The van der Waals surface area contributed by atoms with Crippen LogP contribution in [-0.4, -0.2) is 20.2 Å². The summed E-state index contributed by atoms with van der Waals surface area (Å²) in [5.41, 5.74) is 0.974. The summed E-state index contributed by atoms with van der Waals surface area (Å²) in [4.78, 5) is 11.1. The second kappa shape index (κ2) is 5.84. The fraction of sp³-hybridized carbons (Fsp3) is 0.364. The zero-order valence-electron chi connectivity index (χ0n) is 9.05. The third-order valence-electron chi connectivity index (χ3n) is 2.14. The summed E-state index contributed by atoms with van der Waals surface area (Å²) in [6.45, 7) is 0. The van der Waals surface area contributed by atoms with Gasteiger partial charge in [-0.05, 0) is 17.7 Å². The molecule has 0 heterocycles. The van der Waals surface area contributed by atoms with Gasteiger partial charge < -0.3 is 9.47 Å². The van der Waals surface area contributed by atoms with Gasteiger partial charge in [0.2, 0.25) is 0 Å². The first kappa shape index (κ1) is 13.0. The Bertz CT molecular complexity index is 393. The molecule has 16 heavy (non-hydrogen) atoms. The summed E-state index contributed by atoms with van der Waals surface area (Å²) in [5.74, 6) is -0.595. The van der Waals surface area contributed by atoms with E-state index in [-0.39, 0.29) is 12.0 Å². The Morgan fingerprint density at radius 1 is 1.44 bits per heavy atom. The molecule has 0 bridgehead atoms. The average Bonchev–Trinajstić information content (AvgIpc) is 2.30. The van der Waals surface area contributed by atoms with Crippen molar-refractivity contribution in [1.29, 1.82) is 0 Å². The van der Waals surface area contributed by atoms with Crippen molar-refractivity contribution in [3.05, 3.63) is 29.1 Å². The van der Waals surface area contributed by atoms with Crippen LogP contribution in [0, 0.1) is 5.82 Å². The lowest BCUT2D eigenvalue weighted by Crippen LogP contribution is -2.08. The lowest BCUT2D eigenvalue weighted by atomic mass is 10.1. The molecule has 0 amide bonds. The Hall–Kier alpha value is -1.10. The van der Waals surface area contributed by atoms with Crippen LogP contribution >= 0.6 is 15.9 Å². The first-order valence-electron chi connectivity index (χ1n) is 4.60. The molecule has 1 rings (SSSR count). The molecule has 88 valence electrons. The number of benzene rings is 1. The molecule has 0 atom stereocenters. The number of alkyl halides is 1. The third-order valence-corrected chi connectivity index (χ3v) is 2.78. The number of esters is 1. The van der Waals surface area contributed by atoms with E-state index in [1.165, 1.54) is 20.3 Å². The van der Waals surface area contributed by atoms with Crippen LogP contribution in [-0.2, 0) is 21.3 Å². The van der Waals surface area contributed by atoms with Crippen LogP contribution in [0.1, 0.15) is 11.1 Å². The van der Waals surface area contributed by atoms with Crippen LogP contribution in [0.4, 0.5) is 4.39 Å². The summed E-state index contributed by atoms with van der Waals surface area (Å²) < 4.78 is 23.2. The molecule has 1 aromatic rings. The van der Waals surface area contributed by atoms with Gasteiger partial charge in [0.15, 0.2) is 0 Å². The highest BCUT2D eigenvalue weighted by atomic mass is 79.9. The molecule has 0 aliphatic rings. The third kappa shape index (κ3) is 2.95. The van der Waals surface area contributed by atoms with E-state index in [0.717, 1.165) is 5.56 Å². The van der Waals surface area contributed by atoms with Gasteiger partial charge in [-0.3, -0.25) is 4.79 Å². The summed E-state index contributed by atoms with van der Waals surface area (Å²) in [6, 6.07) is 3.06. The number of hydrogen-bond donors (Lipinski definition) is 0. The Labute approximate surface area is 102 Å². The molecular weight excluding hydrogens is 279 g/mol. The number of hydrogen-bond acceptors (Lipinski definition) is 3. The first-order valence-corrected chi connectivity index (χ1v) is 5.72. The number of rotatable bonds is 4. The molecule has 0 N–H and O–H groups in total. The molecule has 1 aromatic carbocycles. The molecule has 0 spiro atoms. The molecule has 0 aliphatic heterocycles. The zero-order valence-corrected chi connectivity index (χ0v) is 10.6. The van der Waals surface area contributed by atoms with Gasteiger partial charge in [0.1, 0.15) is 11.6 Å². The second-order valence-corrected chi connectivity index (χ2v) is 3.71. The minimum atomic E-state index is -0.496. The van der Waals surface area contributed by atoms with Crippen LogP contribution in [0.15, 0.2) is 12.1 Å². The zero-order chi connectivity index (χ0) is 12.1. The number of ether oxygens (including phenoxy) is 2. The molecular formula is C11H12BrFO3. The molecule has 5 heteroatoms. The van der Waals surface area contributed by atoms with Crippen molar-refractivity contribution in [3.8, 4) is 5.75 Å². The van der Waals surface area contributed by atoms with Crippen LogP contribution in [0.3, 0.4) is 0 Å². The summed E-state index contributed by atoms with van der Waals surface area (Å²) >= 11 is 3.23. The van der Waals surface area contributed by atoms with E-state index >= 15 is 0 Å². The highest BCUT2D eigenvalue weighted by molar-refractivity contribution is 9.08. The van der Waals surface area contributed by atoms with Crippen molar-refractivity contribution < 1.29 is 18.7 Å². The van der Waals surface area contributed by atoms with Gasteiger partial charge in [0.25, 0.3) is 0 Å². The van der Waals surface area contributed by atoms with E-state index in [0.29, 0.717) is 11.1 Å². The predicted octanol–water partition coefficient (Wildman–Crippen LogP) is 2.44. The van der Waals surface area contributed by atoms with E-state index < -0.39 is 11.8 Å². The predicted molar refractivity (Wildman–Crippen MR) is 61.3 cm³/mol. The number of methoxy groups -OCH3 is 2. The Kier molecular flexibility index (Phi) is 4.73. The van der Waals surface area contributed by atoms with Gasteiger partial charge in [-0.1, -0.05) is 15.9 Å². The molecule has 0 saturated heterocycles. The lowest BCUT2D eigenvalue weighted by Gasteiger charge is -2.10. The molecule has 0 radical (unpaired) electrons. The van der Waals surface area contributed by atoms with E-state index in [1.54, 1.807) is 6.07 Å². The van der Waals surface area contributed by atoms with E-state index in [2.05, 4.69) is 20.7 Å². The smallest absolute Gasteiger partial charge is 0.310 e. The first-order chi connectivity index (χ1) is 7.62. The van der Waals surface area contributed by atoms with Crippen LogP contribution in [0.5, 0.6) is 5.75 Å². The quantitative estimate of drug-likeness (QED) is 0.631. The number of carbonyl (C=O) groups excluding carboxylic acids is 1. The maximum Gasteiger partial charge on any atom is 0.310 e. The van der Waals surface area contributed by atoms with Crippen LogP contribution in [0.2, 0.25) is 0 Å². The summed E-state index contributed by atoms with van der Waals surface area (Å²) in [6.07, 6.45) is -0.131. The molecule has 0 aliphatic carbocycles. The van der Waals surface area contributed by atoms with Crippen molar-refractivity contribution in [2.45, 2.75) is 11.8 Å². The maximum atomic E-state index is 13.7. The van der Waals surface area contributed by atoms with Crippen molar-refractivity contribution >= 4 is 21.9 Å². The summed E-state index contributed by atoms with van der Waals surface area (Å²) in [7, 11) is 2.70. The molecule has 0 aromatic heterocycles. The second-order valence-electron chi connectivity index (χ2n) is 3.14. The van der Waals surface area contributed by atoms with E-state index in [9.17, 15) is 9.18 Å². The van der Waals surface area contributed by atoms with E-state index in [4.69, 9.17) is 4.74 Å². The van der Waals surface area contributed by atoms with Gasteiger partial charge in [-0.15, -0.1) is 0 Å². The largest absolute Gasteiger partial charge is 0.496 e. The standard InChI is InChI=1S/C11H12BrFO3/c1-15-10-4-7(6-12)3-9(13)8(10)5-11(14)16-2/h3-4H,5-6H2,1-2H3. The molecule has 0 saturated carbocycles. The number of carbonyl (C=O) groups is 1. The highest BCUT2D eigenvalue weighted by Gasteiger charge is 2.15. The van der Waals surface area contributed by atoms with Crippen molar-refractivity contribution in [3.63, 3.8) is 0 Å². The Morgan fingerprint density at radius 2 is 2.12 bits per heavy atom. The highest BCUT2D eigenvalue weighted by Crippen LogP contribution is 2.25. The molecule has 0 unspecified atom stereocenters. The van der Waals surface area contributed by atoms with Gasteiger partial charge >= 0.3 is 5.97 Å². The SMILES string of the molecule is COC(=O)Cc1c(F)cc(CBr)cc1OC. The molecule has 0 fully saturated rings. The van der Waals surface area contributed by atoms with Crippen molar-refractivity contribution in [2.75, 3.05) is 14.2 Å². The van der Waals surface area contributed by atoms with E-state index in [1.807, 2.05) is 0 Å². The van der Waals surface area contributed by atoms with Gasteiger partial charge in [-0.2, -0.15) is 0 Å². The minimum Gasteiger partial charge on any atom is -0.496 e. The molecule has 3 nitrogen and oxygen atoms in total. The van der Waals surface area contributed by atoms with Crippen LogP contribution in [0.25, 0.3) is 0 Å². The monoisotopic (exact) mass is 290 g/mol. The topological polar surface area (TPSA) is 35.5 Å². The van der Waals surface area contributed by atoms with Gasteiger partial charge in [0, 0.05) is 10.9 Å². The van der Waals surface area contributed by atoms with Crippen molar-refractivity contribution in [1.82, 2.24) is 0 Å². The van der Waals surface area contributed by atoms with Gasteiger partial charge in [-0.25, -0.2) is 4.39 Å². The minimum absolute atomic E-state index is 0.131. The Morgan fingerprint density at radius 3 is 2.62 bits per heavy atom. The average molecular weight is 291 g/mol. The van der Waals surface area contributed by atoms with Crippen LogP contribution < -0.4 is 4.74 Å². The fourth-order valence-electron chi connectivity index (χ4n) is 1.31.